The summed E-state index contributed by atoms with van der Waals surface area (Å²) < 4.78 is 11.0. The van der Waals surface area contributed by atoms with Gasteiger partial charge in [0.2, 0.25) is 0 Å². The molecule has 0 aromatic rings. The molecule has 1 heterocycles. The van der Waals surface area contributed by atoms with Crippen molar-refractivity contribution in [2.75, 3.05) is 19.8 Å². The molecule has 3 heteroatoms. The van der Waals surface area contributed by atoms with Gasteiger partial charge in [0.1, 0.15) is 0 Å². The molecule has 0 aliphatic carbocycles. The van der Waals surface area contributed by atoms with E-state index in [0.717, 1.165) is 32.5 Å². The van der Waals surface area contributed by atoms with Crippen LogP contribution in [-0.4, -0.2) is 31.2 Å². The molecule has 0 spiro atoms. The largest absolute Gasteiger partial charge is 0.392 e. The van der Waals surface area contributed by atoms with E-state index in [0.29, 0.717) is 0 Å². The maximum Gasteiger partial charge on any atom is 0.157 e. The van der Waals surface area contributed by atoms with Gasteiger partial charge in [-0.25, -0.2) is 0 Å². The zero-order valence-electron chi connectivity index (χ0n) is 8.65. The summed E-state index contributed by atoms with van der Waals surface area (Å²) in [5.74, 6) is 0. The highest BCUT2D eigenvalue weighted by molar-refractivity contribution is 4.80. The molecule has 0 aromatic carbocycles. The van der Waals surface area contributed by atoms with E-state index in [1.807, 2.05) is 6.08 Å². The highest BCUT2D eigenvalue weighted by Gasteiger charge is 2.12. The molecule has 1 saturated heterocycles. The number of allylic oxidation sites excluding steroid dienone is 1. The molecule has 0 radical (unpaired) electrons. The van der Waals surface area contributed by atoms with Gasteiger partial charge in [0.15, 0.2) is 6.29 Å². The summed E-state index contributed by atoms with van der Waals surface area (Å²) in [4.78, 5) is 0. The van der Waals surface area contributed by atoms with E-state index >= 15 is 0 Å². The van der Waals surface area contributed by atoms with Crippen LogP contribution in [0.2, 0.25) is 0 Å². The Hall–Kier alpha value is -0.380. The Labute approximate surface area is 85.7 Å². The van der Waals surface area contributed by atoms with Crippen molar-refractivity contribution in [2.45, 2.75) is 38.4 Å². The SMILES string of the molecule is OCC=CCCCOC1CCCCO1. The number of ether oxygens (including phenoxy) is 2. The number of unbranched alkanes of at least 4 members (excludes halogenated alkanes) is 1. The van der Waals surface area contributed by atoms with Crippen molar-refractivity contribution in [1.82, 2.24) is 0 Å². The smallest absolute Gasteiger partial charge is 0.157 e. The van der Waals surface area contributed by atoms with Crippen LogP contribution in [0.15, 0.2) is 12.2 Å². The van der Waals surface area contributed by atoms with Gasteiger partial charge in [0.05, 0.1) is 13.2 Å². The zero-order chi connectivity index (χ0) is 10.1. The van der Waals surface area contributed by atoms with Gasteiger partial charge in [0.25, 0.3) is 0 Å². The number of hydrogen-bond acceptors (Lipinski definition) is 3. The lowest BCUT2D eigenvalue weighted by Gasteiger charge is -2.22. The Bertz CT molecular complexity index is 151. The number of hydrogen-bond donors (Lipinski definition) is 1. The van der Waals surface area contributed by atoms with Gasteiger partial charge in [-0.1, -0.05) is 12.2 Å². The summed E-state index contributed by atoms with van der Waals surface area (Å²) >= 11 is 0. The molecule has 0 amide bonds. The highest BCUT2D eigenvalue weighted by atomic mass is 16.7. The summed E-state index contributed by atoms with van der Waals surface area (Å²) in [6, 6.07) is 0. The van der Waals surface area contributed by atoms with Crippen LogP contribution in [-0.2, 0) is 9.47 Å². The van der Waals surface area contributed by atoms with E-state index in [2.05, 4.69) is 0 Å². The topological polar surface area (TPSA) is 38.7 Å². The summed E-state index contributed by atoms with van der Waals surface area (Å²) in [6.07, 6.45) is 9.15. The van der Waals surface area contributed by atoms with Crippen molar-refractivity contribution < 1.29 is 14.6 Å². The average molecular weight is 200 g/mol. The fraction of sp³-hybridized carbons (Fsp3) is 0.818. The Morgan fingerprint density at radius 3 is 3.00 bits per heavy atom. The van der Waals surface area contributed by atoms with Crippen molar-refractivity contribution in [3.8, 4) is 0 Å². The number of aliphatic hydroxyl groups excluding tert-OH is 1. The van der Waals surface area contributed by atoms with Gasteiger partial charge in [-0.2, -0.15) is 0 Å². The fourth-order valence-corrected chi connectivity index (χ4v) is 1.45. The Kier molecular flexibility index (Phi) is 6.66. The summed E-state index contributed by atoms with van der Waals surface area (Å²) in [5, 5.41) is 8.49. The van der Waals surface area contributed by atoms with Crippen molar-refractivity contribution in [3.63, 3.8) is 0 Å². The van der Waals surface area contributed by atoms with Crippen LogP contribution in [0.25, 0.3) is 0 Å². The lowest BCUT2D eigenvalue weighted by atomic mass is 10.2. The zero-order valence-corrected chi connectivity index (χ0v) is 8.65. The third kappa shape index (κ3) is 5.37. The minimum Gasteiger partial charge on any atom is -0.392 e. The Morgan fingerprint density at radius 2 is 2.29 bits per heavy atom. The van der Waals surface area contributed by atoms with Crippen LogP contribution in [0.4, 0.5) is 0 Å². The van der Waals surface area contributed by atoms with Crippen molar-refractivity contribution in [3.05, 3.63) is 12.2 Å². The van der Waals surface area contributed by atoms with Crippen LogP contribution >= 0.6 is 0 Å². The molecule has 1 unspecified atom stereocenters. The average Bonchev–Trinajstić information content (AvgIpc) is 2.25. The van der Waals surface area contributed by atoms with Gasteiger partial charge >= 0.3 is 0 Å². The molecular weight excluding hydrogens is 180 g/mol. The molecule has 0 bridgehead atoms. The number of rotatable bonds is 6. The molecular formula is C11H20O3. The van der Waals surface area contributed by atoms with E-state index in [9.17, 15) is 0 Å². The molecule has 14 heavy (non-hydrogen) atoms. The summed E-state index contributed by atoms with van der Waals surface area (Å²) in [6.45, 7) is 1.72. The molecule has 3 nitrogen and oxygen atoms in total. The van der Waals surface area contributed by atoms with Crippen LogP contribution < -0.4 is 0 Å². The predicted molar refractivity (Wildman–Crippen MR) is 55.0 cm³/mol. The second kappa shape index (κ2) is 7.97. The van der Waals surface area contributed by atoms with Gasteiger partial charge < -0.3 is 14.6 Å². The molecule has 1 aliphatic heterocycles. The van der Waals surface area contributed by atoms with E-state index in [4.69, 9.17) is 14.6 Å². The predicted octanol–water partition coefficient (Wildman–Crippen LogP) is 1.86. The molecule has 82 valence electrons. The van der Waals surface area contributed by atoms with Gasteiger partial charge in [-0.05, 0) is 32.1 Å². The van der Waals surface area contributed by atoms with E-state index in [1.54, 1.807) is 6.08 Å². The standard InChI is InChI=1S/C11H20O3/c12-8-4-1-2-5-9-13-11-7-3-6-10-14-11/h1,4,11-12H,2-3,5-10H2. The van der Waals surface area contributed by atoms with Gasteiger partial charge in [-0.15, -0.1) is 0 Å². The van der Waals surface area contributed by atoms with Crippen LogP contribution in [0.5, 0.6) is 0 Å². The third-order valence-electron chi connectivity index (χ3n) is 2.23. The van der Waals surface area contributed by atoms with Crippen LogP contribution in [0.3, 0.4) is 0 Å². The normalized spacial score (nSPS) is 23.1. The molecule has 1 aliphatic rings. The highest BCUT2D eigenvalue weighted by Crippen LogP contribution is 2.13. The summed E-state index contributed by atoms with van der Waals surface area (Å²) in [7, 11) is 0. The minimum absolute atomic E-state index is 0.0329. The Morgan fingerprint density at radius 1 is 1.36 bits per heavy atom. The Balaban J connectivity index is 1.89. The van der Waals surface area contributed by atoms with Crippen molar-refractivity contribution in [2.24, 2.45) is 0 Å². The lowest BCUT2D eigenvalue weighted by molar-refractivity contribution is -0.162. The first-order chi connectivity index (χ1) is 6.93. The molecule has 1 atom stereocenters. The van der Waals surface area contributed by atoms with Gasteiger partial charge in [0, 0.05) is 6.61 Å². The minimum atomic E-state index is 0.0329. The van der Waals surface area contributed by atoms with Crippen LogP contribution in [0.1, 0.15) is 32.1 Å². The number of aliphatic hydroxyl groups is 1. The first kappa shape index (κ1) is 11.7. The first-order valence-corrected chi connectivity index (χ1v) is 5.42. The van der Waals surface area contributed by atoms with Crippen LogP contribution in [0, 0.1) is 0 Å². The lowest BCUT2D eigenvalue weighted by Crippen LogP contribution is -2.22. The van der Waals surface area contributed by atoms with Gasteiger partial charge in [-0.3, -0.25) is 0 Å². The summed E-state index contributed by atoms with van der Waals surface area (Å²) in [5.41, 5.74) is 0. The van der Waals surface area contributed by atoms with E-state index in [-0.39, 0.29) is 12.9 Å². The van der Waals surface area contributed by atoms with E-state index < -0.39 is 0 Å². The maximum atomic E-state index is 8.49. The third-order valence-corrected chi connectivity index (χ3v) is 2.23. The molecule has 0 saturated carbocycles. The quantitative estimate of drug-likeness (QED) is 0.525. The van der Waals surface area contributed by atoms with Crippen molar-refractivity contribution in [1.29, 1.82) is 0 Å². The van der Waals surface area contributed by atoms with E-state index in [1.165, 1.54) is 12.8 Å². The fourth-order valence-electron chi connectivity index (χ4n) is 1.45. The van der Waals surface area contributed by atoms with Crippen molar-refractivity contribution >= 4 is 0 Å². The monoisotopic (exact) mass is 200 g/mol. The maximum absolute atomic E-state index is 8.49. The molecule has 1 N–H and O–H groups in total. The second-order valence-corrected chi connectivity index (χ2v) is 3.46. The second-order valence-electron chi connectivity index (χ2n) is 3.46. The molecule has 1 fully saturated rings. The first-order valence-electron chi connectivity index (χ1n) is 5.42. The molecule has 0 aromatic heterocycles. The molecule has 1 rings (SSSR count).